The fourth-order valence-corrected chi connectivity index (χ4v) is 3.14. The molecule has 18 heavy (non-hydrogen) atoms. The highest BCUT2D eigenvalue weighted by Crippen LogP contribution is 2.37. The lowest BCUT2D eigenvalue weighted by atomic mass is 9.96. The van der Waals surface area contributed by atoms with Crippen molar-refractivity contribution in [2.75, 3.05) is 0 Å². The molecule has 0 saturated heterocycles. The minimum Gasteiger partial charge on any atom is -0.261 e. The van der Waals surface area contributed by atoms with E-state index in [1.807, 2.05) is 24.4 Å². The SMILES string of the molecule is Cc1cccc(C(Cl)C(C)c2ccccn2)c1I. The smallest absolute Gasteiger partial charge is 0.0676 e. The van der Waals surface area contributed by atoms with Crippen molar-refractivity contribution in [1.82, 2.24) is 4.98 Å². The molecule has 1 nitrogen and oxygen atoms in total. The molecule has 0 aliphatic carbocycles. The predicted octanol–water partition coefficient (Wildman–Crippen LogP) is 5.08. The lowest BCUT2D eigenvalue weighted by Gasteiger charge is -2.20. The van der Waals surface area contributed by atoms with Gasteiger partial charge in [0.2, 0.25) is 0 Å². The average Bonchev–Trinajstić information content (AvgIpc) is 2.41. The quantitative estimate of drug-likeness (QED) is 0.542. The standard InChI is InChI=1S/C15H15ClIN/c1-10-6-5-7-12(15(10)17)14(16)11(2)13-8-3-4-9-18-13/h3-9,11,14H,1-2H3. The first-order chi connectivity index (χ1) is 8.61. The number of rotatable bonds is 3. The van der Waals surface area contributed by atoms with Crippen molar-refractivity contribution in [1.29, 1.82) is 0 Å². The summed E-state index contributed by atoms with van der Waals surface area (Å²) >= 11 is 8.99. The van der Waals surface area contributed by atoms with E-state index in [2.05, 4.69) is 59.6 Å². The van der Waals surface area contributed by atoms with Crippen molar-refractivity contribution in [3.63, 3.8) is 0 Å². The molecule has 2 unspecified atom stereocenters. The predicted molar refractivity (Wildman–Crippen MR) is 85.1 cm³/mol. The molecule has 0 spiro atoms. The summed E-state index contributed by atoms with van der Waals surface area (Å²) in [5.41, 5.74) is 3.50. The molecular formula is C15H15ClIN. The number of hydrogen-bond acceptors (Lipinski definition) is 1. The minimum atomic E-state index is -0.0494. The molecule has 0 radical (unpaired) electrons. The Bertz CT molecular complexity index is 527. The van der Waals surface area contributed by atoms with Crippen molar-refractivity contribution in [2.45, 2.75) is 25.1 Å². The number of aromatic nitrogens is 1. The first-order valence-corrected chi connectivity index (χ1v) is 7.42. The maximum Gasteiger partial charge on any atom is 0.0676 e. The number of pyridine rings is 1. The number of alkyl halides is 1. The molecule has 0 N–H and O–H groups in total. The molecule has 2 rings (SSSR count). The molecular weight excluding hydrogens is 357 g/mol. The van der Waals surface area contributed by atoms with Gasteiger partial charge in [-0.05, 0) is 52.8 Å². The minimum absolute atomic E-state index is 0.0494. The van der Waals surface area contributed by atoms with Gasteiger partial charge in [0.25, 0.3) is 0 Å². The van der Waals surface area contributed by atoms with Crippen molar-refractivity contribution in [3.8, 4) is 0 Å². The Balaban J connectivity index is 2.31. The molecule has 3 heteroatoms. The van der Waals surface area contributed by atoms with Crippen molar-refractivity contribution in [3.05, 3.63) is 63.0 Å². The van der Waals surface area contributed by atoms with E-state index in [1.54, 1.807) is 0 Å². The summed E-state index contributed by atoms with van der Waals surface area (Å²) in [5, 5.41) is -0.0494. The molecule has 1 heterocycles. The molecule has 1 aromatic carbocycles. The summed E-state index contributed by atoms with van der Waals surface area (Å²) in [6.07, 6.45) is 1.82. The zero-order valence-electron chi connectivity index (χ0n) is 10.4. The summed E-state index contributed by atoms with van der Waals surface area (Å²) < 4.78 is 1.25. The van der Waals surface area contributed by atoms with Gasteiger partial charge in [-0.1, -0.05) is 31.2 Å². The van der Waals surface area contributed by atoms with E-state index in [-0.39, 0.29) is 11.3 Å². The van der Waals surface area contributed by atoms with Crippen LogP contribution in [-0.2, 0) is 0 Å². The summed E-state index contributed by atoms with van der Waals surface area (Å²) in [7, 11) is 0. The van der Waals surface area contributed by atoms with Crippen LogP contribution >= 0.6 is 34.2 Å². The lowest BCUT2D eigenvalue weighted by molar-refractivity contribution is 0.703. The van der Waals surface area contributed by atoms with Crippen LogP contribution in [0, 0.1) is 10.5 Å². The molecule has 0 aliphatic rings. The third-order valence-electron chi connectivity index (χ3n) is 3.11. The molecule has 0 amide bonds. The van der Waals surface area contributed by atoms with Gasteiger partial charge in [0, 0.05) is 21.4 Å². The maximum atomic E-state index is 6.62. The third-order valence-corrected chi connectivity index (χ3v) is 5.20. The zero-order valence-corrected chi connectivity index (χ0v) is 13.3. The summed E-state index contributed by atoms with van der Waals surface area (Å²) in [6, 6.07) is 12.2. The van der Waals surface area contributed by atoms with Crippen molar-refractivity contribution in [2.24, 2.45) is 0 Å². The van der Waals surface area contributed by atoms with Crippen molar-refractivity contribution >= 4 is 34.2 Å². The van der Waals surface area contributed by atoms with Crippen LogP contribution in [0.3, 0.4) is 0 Å². The Hall–Kier alpha value is -0.610. The van der Waals surface area contributed by atoms with Gasteiger partial charge in [0.1, 0.15) is 0 Å². The van der Waals surface area contributed by atoms with Crippen LogP contribution in [0.1, 0.15) is 35.0 Å². The molecule has 0 bridgehead atoms. The van der Waals surface area contributed by atoms with Gasteiger partial charge in [0.15, 0.2) is 0 Å². The van der Waals surface area contributed by atoms with Gasteiger partial charge in [-0.25, -0.2) is 0 Å². The Morgan fingerprint density at radius 1 is 1.17 bits per heavy atom. The molecule has 0 fully saturated rings. The van der Waals surface area contributed by atoms with Gasteiger partial charge in [-0.3, -0.25) is 4.98 Å². The van der Waals surface area contributed by atoms with Crippen LogP contribution in [-0.4, -0.2) is 4.98 Å². The number of halogens is 2. The highest BCUT2D eigenvalue weighted by atomic mass is 127. The van der Waals surface area contributed by atoms with Gasteiger partial charge < -0.3 is 0 Å². The van der Waals surface area contributed by atoms with Crippen LogP contribution in [0.15, 0.2) is 42.6 Å². The molecule has 0 aliphatic heterocycles. The number of benzene rings is 1. The van der Waals surface area contributed by atoms with Crippen LogP contribution in [0.2, 0.25) is 0 Å². The monoisotopic (exact) mass is 371 g/mol. The lowest BCUT2D eigenvalue weighted by Crippen LogP contribution is -2.06. The summed E-state index contributed by atoms with van der Waals surface area (Å²) in [5.74, 6) is 0.197. The van der Waals surface area contributed by atoms with E-state index >= 15 is 0 Å². The number of nitrogens with zero attached hydrogens (tertiary/aromatic N) is 1. The highest BCUT2D eigenvalue weighted by molar-refractivity contribution is 14.1. The third kappa shape index (κ3) is 2.86. The topological polar surface area (TPSA) is 12.9 Å². The summed E-state index contributed by atoms with van der Waals surface area (Å²) in [6.45, 7) is 4.23. The van der Waals surface area contributed by atoms with Crippen LogP contribution in [0.4, 0.5) is 0 Å². The number of aryl methyl sites for hydroxylation is 1. The van der Waals surface area contributed by atoms with E-state index in [1.165, 1.54) is 14.7 Å². The fraction of sp³-hybridized carbons (Fsp3) is 0.267. The normalized spacial score (nSPS) is 14.2. The van der Waals surface area contributed by atoms with Crippen LogP contribution < -0.4 is 0 Å². The Kier molecular flexibility index (Phi) is 4.62. The van der Waals surface area contributed by atoms with E-state index in [4.69, 9.17) is 11.6 Å². The van der Waals surface area contributed by atoms with E-state index < -0.39 is 0 Å². The van der Waals surface area contributed by atoms with Crippen LogP contribution in [0.25, 0.3) is 0 Å². The molecule has 94 valence electrons. The summed E-state index contributed by atoms with van der Waals surface area (Å²) in [4.78, 5) is 4.39. The molecule has 1 aromatic heterocycles. The first kappa shape index (κ1) is 13.8. The maximum absolute atomic E-state index is 6.62. The molecule has 0 saturated carbocycles. The van der Waals surface area contributed by atoms with E-state index in [0.29, 0.717) is 0 Å². The Morgan fingerprint density at radius 3 is 2.61 bits per heavy atom. The van der Waals surface area contributed by atoms with Gasteiger partial charge in [-0.2, -0.15) is 0 Å². The van der Waals surface area contributed by atoms with Crippen molar-refractivity contribution < 1.29 is 0 Å². The second-order valence-corrected chi connectivity index (χ2v) is 5.97. The van der Waals surface area contributed by atoms with E-state index in [0.717, 1.165) is 5.69 Å². The first-order valence-electron chi connectivity index (χ1n) is 5.91. The van der Waals surface area contributed by atoms with Gasteiger partial charge >= 0.3 is 0 Å². The van der Waals surface area contributed by atoms with E-state index in [9.17, 15) is 0 Å². The second-order valence-electron chi connectivity index (χ2n) is 4.42. The van der Waals surface area contributed by atoms with Gasteiger partial charge in [0.05, 0.1) is 5.38 Å². The number of hydrogen-bond donors (Lipinski definition) is 0. The average molecular weight is 372 g/mol. The van der Waals surface area contributed by atoms with Crippen LogP contribution in [0.5, 0.6) is 0 Å². The fourth-order valence-electron chi connectivity index (χ4n) is 1.95. The molecule has 2 atom stereocenters. The Labute approximate surface area is 127 Å². The highest BCUT2D eigenvalue weighted by Gasteiger charge is 2.21. The largest absolute Gasteiger partial charge is 0.261 e. The Morgan fingerprint density at radius 2 is 1.94 bits per heavy atom. The molecule has 2 aromatic rings. The zero-order chi connectivity index (χ0) is 13.1. The van der Waals surface area contributed by atoms with Gasteiger partial charge in [-0.15, -0.1) is 11.6 Å². The second kappa shape index (κ2) is 6.02.